The highest BCUT2D eigenvalue weighted by Gasteiger charge is 2.47. The van der Waals surface area contributed by atoms with Gasteiger partial charge in [-0.05, 0) is 25.8 Å². The Morgan fingerprint density at radius 1 is 1.33 bits per heavy atom. The number of aromatic nitrogens is 4. The fourth-order valence-electron chi connectivity index (χ4n) is 3.08. The van der Waals surface area contributed by atoms with Crippen molar-refractivity contribution in [1.29, 1.82) is 0 Å². The second kappa shape index (κ2) is 6.86. The van der Waals surface area contributed by atoms with Crippen LogP contribution < -0.4 is 5.43 Å². The van der Waals surface area contributed by atoms with Crippen LogP contribution in [-0.4, -0.2) is 36.7 Å². The Kier molecular flexibility index (Phi) is 4.38. The molecule has 0 bridgehead atoms. The number of hydrogen-bond acceptors (Lipinski definition) is 9. The van der Waals surface area contributed by atoms with Crippen LogP contribution in [0.3, 0.4) is 0 Å². The first-order chi connectivity index (χ1) is 13.1. The highest BCUT2D eigenvalue weighted by Crippen LogP contribution is 2.36. The zero-order valence-electron chi connectivity index (χ0n) is 15.6. The summed E-state index contributed by atoms with van der Waals surface area (Å²) < 4.78 is 12.7. The van der Waals surface area contributed by atoms with Gasteiger partial charge in [-0.25, -0.2) is 9.99 Å². The highest BCUT2D eigenvalue weighted by atomic mass is 16.5. The van der Waals surface area contributed by atoms with Crippen LogP contribution in [0.2, 0.25) is 0 Å². The molecule has 0 saturated heterocycles. The van der Waals surface area contributed by atoms with Gasteiger partial charge in [0.15, 0.2) is 23.9 Å². The molecule has 10 nitrogen and oxygen atoms in total. The number of amidine groups is 1. The Balaban J connectivity index is 1.59. The molecule has 142 valence electrons. The van der Waals surface area contributed by atoms with Crippen molar-refractivity contribution in [2.24, 2.45) is 17.3 Å². The molecule has 2 aliphatic rings. The summed E-state index contributed by atoms with van der Waals surface area (Å²) in [6.07, 6.45) is 8.07. The highest BCUT2D eigenvalue weighted by molar-refractivity contribution is 6.04. The molecule has 2 aliphatic heterocycles. The van der Waals surface area contributed by atoms with Gasteiger partial charge in [0.25, 0.3) is 0 Å². The summed E-state index contributed by atoms with van der Waals surface area (Å²) in [5.41, 5.74) is 3.28. The topological polar surface area (TPSA) is 106 Å². The summed E-state index contributed by atoms with van der Waals surface area (Å²) in [6.45, 7) is 4.25. The number of hydrogen-bond donors (Lipinski definition) is 1. The quantitative estimate of drug-likeness (QED) is 0.826. The lowest BCUT2D eigenvalue weighted by atomic mass is 9.98. The summed E-state index contributed by atoms with van der Waals surface area (Å²) in [5, 5.41) is 19.4. The molecule has 4 rings (SSSR count). The maximum Gasteiger partial charge on any atom is 0.231 e. The molecule has 0 radical (unpaired) electrons. The van der Waals surface area contributed by atoms with Gasteiger partial charge in [-0.2, -0.15) is 10.2 Å². The molecule has 1 unspecified atom stereocenters. The number of nitrogens with zero attached hydrogens (tertiary/aromatic N) is 7. The van der Waals surface area contributed by atoms with Crippen LogP contribution >= 0.6 is 0 Å². The molecule has 0 aromatic carbocycles. The van der Waals surface area contributed by atoms with Gasteiger partial charge < -0.3 is 9.26 Å². The maximum absolute atomic E-state index is 5.79. The summed E-state index contributed by atoms with van der Waals surface area (Å²) in [4.78, 5) is 4.16. The second-order valence-corrected chi connectivity index (χ2v) is 6.57. The molecule has 27 heavy (non-hydrogen) atoms. The van der Waals surface area contributed by atoms with E-state index in [-0.39, 0.29) is 6.61 Å². The Hall–Kier alpha value is -3.17. The van der Waals surface area contributed by atoms with E-state index in [2.05, 4.69) is 37.8 Å². The second-order valence-electron chi connectivity index (χ2n) is 6.57. The van der Waals surface area contributed by atoms with Crippen LogP contribution in [0.25, 0.3) is 0 Å². The number of fused-ring (bicyclic) bond motifs is 1. The number of rotatable bonds is 6. The van der Waals surface area contributed by atoms with Gasteiger partial charge in [0.1, 0.15) is 17.8 Å². The molecule has 0 spiro atoms. The Morgan fingerprint density at radius 2 is 2.22 bits per heavy atom. The van der Waals surface area contributed by atoms with Crippen molar-refractivity contribution in [3.05, 3.63) is 41.8 Å². The average molecular weight is 370 g/mol. The largest absolute Gasteiger partial charge is 0.468 e. The van der Waals surface area contributed by atoms with Crippen LogP contribution in [0.1, 0.15) is 43.5 Å². The monoisotopic (exact) mass is 370 g/mol. The van der Waals surface area contributed by atoms with E-state index in [9.17, 15) is 0 Å². The van der Waals surface area contributed by atoms with Crippen molar-refractivity contribution < 1.29 is 9.26 Å². The smallest absolute Gasteiger partial charge is 0.231 e. The number of unbranched alkanes of at least 4 members (excludes halogenated alkanes) is 1. The van der Waals surface area contributed by atoms with E-state index in [0.717, 1.165) is 30.7 Å². The van der Waals surface area contributed by atoms with Crippen molar-refractivity contribution in [2.75, 3.05) is 0 Å². The Labute approximate surface area is 156 Å². The van der Waals surface area contributed by atoms with Crippen molar-refractivity contribution in [3.63, 3.8) is 0 Å². The molecular weight excluding hydrogens is 348 g/mol. The van der Waals surface area contributed by atoms with E-state index in [1.165, 1.54) is 0 Å². The fraction of sp³-hybridized carbons (Fsp3) is 0.471. The van der Waals surface area contributed by atoms with Gasteiger partial charge in [-0.1, -0.05) is 18.5 Å². The summed E-state index contributed by atoms with van der Waals surface area (Å²) in [7, 11) is 1.81. The summed E-state index contributed by atoms with van der Waals surface area (Å²) in [5.74, 6) is 2.50. The minimum atomic E-state index is -0.689. The van der Waals surface area contributed by atoms with Crippen molar-refractivity contribution in [2.45, 2.75) is 45.4 Å². The molecule has 4 heterocycles. The normalized spacial score (nSPS) is 20.9. The van der Waals surface area contributed by atoms with E-state index in [0.29, 0.717) is 17.6 Å². The summed E-state index contributed by atoms with van der Waals surface area (Å²) >= 11 is 0. The van der Waals surface area contributed by atoms with Crippen molar-refractivity contribution >= 4 is 11.7 Å². The van der Waals surface area contributed by atoms with E-state index < -0.39 is 5.66 Å². The zero-order chi connectivity index (χ0) is 18.9. The molecule has 0 saturated carbocycles. The molecule has 1 N–H and O–H groups in total. The minimum absolute atomic E-state index is 0.239. The van der Waals surface area contributed by atoms with Gasteiger partial charge in [0.2, 0.25) is 5.90 Å². The van der Waals surface area contributed by atoms with E-state index in [1.807, 2.05) is 31.1 Å². The molecule has 0 amide bonds. The lowest BCUT2D eigenvalue weighted by Crippen LogP contribution is -2.50. The average Bonchev–Trinajstić information content (AvgIpc) is 3.37. The standard InChI is InChI=1S/C17H22N8O2/c1-4-5-8-17(13-9-12(2)27-22-13)23-19-15-6-7-16(21-25(15)17)26-10-14-18-11-24(3)20-14/h6-7,9,11,23H,4-5,8,10H2,1-3H3. The van der Waals surface area contributed by atoms with Gasteiger partial charge >= 0.3 is 0 Å². The zero-order valence-corrected chi connectivity index (χ0v) is 15.6. The first-order valence-electron chi connectivity index (χ1n) is 8.93. The molecule has 10 heteroatoms. The van der Waals surface area contributed by atoms with Crippen LogP contribution in [-0.2, 0) is 24.1 Å². The predicted molar refractivity (Wildman–Crippen MR) is 97.2 cm³/mol. The van der Waals surface area contributed by atoms with Crippen LogP contribution in [0.5, 0.6) is 0 Å². The van der Waals surface area contributed by atoms with E-state index in [4.69, 9.17) is 9.26 Å². The minimum Gasteiger partial charge on any atom is -0.468 e. The fourth-order valence-corrected chi connectivity index (χ4v) is 3.08. The lowest BCUT2D eigenvalue weighted by molar-refractivity contribution is 0.124. The van der Waals surface area contributed by atoms with Gasteiger partial charge in [-0.15, -0.1) is 5.10 Å². The molecule has 0 fully saturated rings. The third-order valence-corrected chi connectivity index (χ3v) is 4.45. The van der Waals surface area contributed by atoms with Crippen molar-refractivity contribution in [1.82, 2.24) is 30.4 Å². The first kappa shape index (κ1) is 17.3. The first-order valence-corrected chi connectivity index (χ1v) is 8.93. The number of ether oxygens (including phenoxy) is 1. The third-order valence-electron chi connectivity index (χ3n) is 4.45. The van der Waals surface area contributed by atoms with Gasteiger partial charge in [0, 0.05) is 19.2 Å². The Bertz CT molecular complexity index is 912. The van der Waals surface area contributed by atoms with Crippen LogP contribution in [0.4, 0.5) is 0 Å². The Morgan fingerprint density at radius 3 is 2.93 bits per heavy atom. The summed E-state index contributed by atoms with van der Waals surface area (Å²) in [6, 6.07) is 1.91. The number of hydrazone groups is 2. The van der Waals surface area contributed by atoms with Gasteiger partial charge in [0.05, 0.1) is 0 Å². The van der Waals surface area contributed by atoms with E-state index in [1.54, 1.807) is 17.1 Å². The third kappa shape index (κ3) is 3.18. The molecular formula is C17H22N8O2. The van der Waals surface area contributed by atoms with Crippen molar-refractivity contribution in [3.8, 4) is 0 Å². The molecule has 2 aromatic rings. The molecule has 2 aromatic heterocycles. The molecule has 1 atom stereocenters. The predicted octanol–water partition coefficient (Wildman–Crippen LogP) is 1.77. The SMILES string of the molecule is CCCCC1(c2cc(C)on2)NN=C2C=CC(OCc3ncn(C)n3)=NN21. The maximum atomic E-state index is 5.79. The number of aryl methyl sites for hydroxylation is 2. The van der Waals surface area contributed by atoms with Crippen LogP contribution in [0.15, 0.2) is 39.3 Å². The lowest BCUT2D eigenvalue weighted by Gasteiger charge is -2.35. The van der Waals surface area contributed by atoms with E-state index >= 15 is 0 Å². The van der Waals surface area contributed by atoms with Crippen LogP contribution in [0, 0.1) is 6.92 Å². The van der Waals surface area contributed by atoms with Gasteiger partial charge in [-0.3, -0.25) is 10.1 Å². The molecule has 0 aliphatic carbocycles. The number of nitrogens with one attached hydrogen (secondary N) is 1.